The van der Waals surface area contributed by atoms with E-state index in [0.717, 1.165) is 19.4 Å². The van der Waals surface area contributed by atoms with Crippen LogP contribution in [0.25, 0.3) is 0 Å². The van der Waals surface area contributed by atoms with E-state index in [2.05, 4.69) is 5.32 Å². The maximum Gasteiger partial charge on any atom is 0.123 e. The number of piperidine rings is 1. The van der Waals surface area contributed by atoms with Gasteiger partial charge < -0.3 is 10.4 Å². The molecule has 0 unspecified atom stereocenters. The fourth-order valence-electron chi connectivity index (χ4n) is 3.25. The molecule has 0 amide bonds. The predicted octanol–water partition coefficient (Wildman–Crippen LogP) is 3.20. The van der Waals surface area contributed by atoms with Crippen LogP contribution in [0, 0.1) is 17.6 Å². The quantitative estimate of drug-likeness (QED) is 0.912. The van der Waals surface area contributed by atoms with E-state index in [0.29, 0.717) is 17.7 Å². The Morgan fingerprint density at radius 2 is 1.41 bits per heavy atom. The number of aliphatic hydroxyl groups is 1. The van der Waals surface area contributed by atoms with Crippen molar-refractivity contribution in [2.24, 2.45) is 5.92 Å². The molecule has 2 aromatic carbocycles. The standard InChI is InChI=1S/C18H19F2NO/c19-16-7-3-13(4-8-16)18(22,15-2-1-11-21-12-15)14-5-9-17(20)10-6-14/h3-10,15,21-22H,1-2,11-12H2/t15-/m0/s1. The Morgan fingerprint density at radius 3 is 1.82 bits per heavy atom. The summed E-state index contributed by atoms with van der Waals surface area (Å²) in [5, 5.41) is 14.8. The first kappa shape index (κ1) is 15.1. The Bertz CT molecular complexity index is 573. The minimum absolute atomic E-state index is 0.0443. The average Bonchev–Trinajstić information content (AvgIpc) is 2.56. The first-order chi connectivity index (χ1) is 10.6. The Labute approximate surface area is 128 Å². The summed E-state index contributed by atoms with van der Waals surface area (Å²) in [6.07, 6.45) is 1.83. The van der Waals surface area contributed by atoms with Gasteiger partial charge in [-0.25, -0.2) is 8.78 Å². The zero-order chi connectivity index (χ0) is 15.6. The van der Waals surface area contributed by atoms with Gasteiger partial charge in [0.25, 0.3) is 0 Å². The third kappa shape index (κ3) is 2.76. The van der Waals surface area contributed by atoms with E-state index in [-0.39, 0.29) is 17.6 Å². The molecule has 1 aliphatic heterocycles. The molecule has 1 saturated heterocycles. The van der Waals surface area contributed by atoms with Crippen molar-refractivity contribution in [2.75, 3.05) is 13.1 Å². The molecule has 1 aliphatic rings. The van der Waals surface area contributed by atoms with Crippen LogP contribution in [-0.4, -0.2) is 18.2 Å². The number of hydrogen-bond acceptors (Lipinski definition) is 2. The molecule has 0 radical (unpaired) electrons. The van der Waals surface area contributed by atoms with E-state index in [1.165, 1.54) is 24.3 Å². The second kappa shape index (κ2) is 6.15. The van der Waals surface area contributed by atoms with Crippen molar-refractivity contribution in [3.8, 4) is 0 Å². The van der Waals surface area contributed by atoms with E-state index >= 15 is 0 Å². The molecule has 22 heavy (non-hydrogen) atoms. The van der Waals surface area contributed by atoms with E-state index in [1.807, 2.05) is 0 Å². The Hall–Kier alpha value is -1.78. The maximum atomic E-state index is 13.2. The maximum absolute atomic E-state index is 13.2. The van der Waals surface area contributed by atoms with Crippen LogP contribution in [0.3, 0.4) is 0 Å². The van der Waals surface area contributed by atoms with Gasteiger partial charge in [0, 0.05) is 12.5 Å². The van der Waals surface area contributed by atoms with Gasteiger partial charge in [-0.15, -0.1) is 0 Å². The van der Waals surface area contributed by atoms with Crippen LogP contribution in [0.5, 0.6) is 0 Å². The molecule has 1 heterocycles. The predicted molar refractivity (Wildman–Crippen MR) is 81.4 cm³/mol. The second-order valence-corrected chi connectivity index (χ2v) is 5.82. The highest BCUT2D eigenvalue weighted by molar-refractivity contribution is 5.37. The number of halogens is 2. The van der Waals surface area contributed by atoms with Crippen LogP contribution >= 0.6 is 0 Å². The van der Waals surface area contributed by atoms with Crippen molar-refractivity contribution >= 4 is 0 Å². The first-order valence-electron chi connectivity index (χ1n) is 7.56. The van der Waals surface area contributed by atoms with Gasteiger partial charge in [-0.3, -0.25) is 0 Å². The number of hydrogen-bond donors (Lipinski definition) is 2. The smallest absolute Gasteiger partial charge is 0.123 e. The summed E-state index contributed by atoms with van der Waals surface area (Å²) >= 11 is 0. The van der Waals surface area contributed by atoms with Gasteiger partial charge in [-0.1, -0.05) is 24.3 Å². The highest BCUT2D eigenvalue weighted by atomic mass is 19.1. The molecular formula is C18H19F2NO. The highest BCUT2D eigenvalue weighted by Crippen LogP contribution is 2.39. The SMILES string of the molecule is OC(c1ccc(F)cc1)(c1ccc(F)cc1)[C@H]1CCCNC1. The lowest BCUT2D eigenvalue weighted by Crippen LogP contribution is -2.45. The molecule has 2 N–H and O–H groups in total. The minimum Gasteiger partial charge on any atom is -0.380 e. The van der Waals surface area contributed by atoms with Gasteiger partial charge in [0.2, 0.25) is 0 Å². The molecular weight excluding hydrogens is 284 g/mol. The van der Waals surface area contributed by atoms with E-state index in [9.17, 15) is 13.9 Å². The number of rotatable bonds is 3. The topological polar surface area (TPSA) is 32.3 Å². The molecule has 0 bridgehead atoms. The summed E-state index contributed by atoms with van der Waals surface area (Å²) in [6, 6.07) is 11.8. The van der Waals surface area contributed by atoms with Crippen LogP contribution in [0.15, 0.2) is 48.5 Å². The first-order valence-corrected chi connectivity index (χ1v) is 7.56. The molecule has 0 aliphatic carbocycles. The Morgan fingerprint density at radius 1 is 0.909 bits per heavy atom. The van der Waals surface area contributed by atoms with Gasteiger partial charge in [0.05, 0.1) is 0 Å². The van der Waals surface area contributed by atoms with Crippen molar-refractivity contribution in [3.63, 3.8) is 0 Å². The molecule has 3 rings (SSSR count). The van der Waals surface area contributed by atoms with Gasteiger partial charge in [0.1, 0.15) is 17.2 Å². The van der Waals surface area contributed by atoms with Crippen LogP contribution in [0.2, 0.25) is 0 Å². The Balaban J connectivity index is 2.08. The lowest BCUT2D eigenvalue weighted by atomic mass is 9.73. The number of benzene rings is 2. The summed E-state index contributed by atoms with van der Waals surface area (Å²) in [5.74, 6) is -0.726. The zero-order valence-electron chi connectivity index (χ0n) is 12.2. The largest absolute Gasteiger partial charge is 0.380 e. The molecule has 0 saturated carbocycles. The lowest BCUT2D eigenvalue weighted by Gasteiger charge is -2.39. The molecule has 116 valence electrons. The van der Waals surface area contributed by atoms with Gasteiger partial charge in [-0.2, -0.15) is 0 Å². The second-order valence-electron chi connectivity index (χ2n) is 5.82. The molecule has 1 fully saturated rings. The average molecular weight is 303 g/mol. The van der Waals surface area contributed by atoms with E-state index in [4.69, 9.17) is 0 Å². The third-order valence-corrected chi connectivity index (χ3v) is 4.46. The normalized spacial score (nSPS) is 19.1. The summed E-state index contributed by atoms with van der Waals surface area (Å²) in [6.45, 7) is 1.60. The lowest BCUT2D eigenvalue weighted by molar-refractivity contribution is 0.00531. The van der Waals surface area contributed by atoms with Gasteiger partial charge >= 0.3 is 0 Å². The summed E-state index contributed by atoms with van der Waals surface area (Å²) in [4.78, 5) is 0. The minimum atomic E-state index is -1.26. The van der Waals surface area contributed by atoms with Gasteiger partial charge in [0.15, 0.2) is 0 Å². The fraction of sp³-hybridized carbons (Fsp3) is 0.333. The molecule has 4 heteroatoms. The van der Waals surface area contributed by atoms with Crippen molar-refractivity contribution in [2.45, 2.75) is 18.4 Å². The molecule has 0 aromatic heterocycles. The van der Waals surface area contributed by atoms with Crippen LogP contribution < -0.4 is 5.32 Å². The van der Waals surface area contributed by atoms with Crippen molar-refractivity contribution in [1.82, 2.24) is 5.32 Å². The molecule has 0 spiro atoms. The van der Waals surface area contributed by atoms with E-state index in [1.54, 1.807) is 24.3 Å². The summed E-state index contributed by atoms with van der Waals surface area (Å²) in [7, 11) is 0. The third-order valence-electron chi connectivity index (χ3n) is 4.46. The highest BCUT2D eigenvalue weighted by Gasteiger charge is 2.40. The van der Waals surface area contributed by atoms with Crippen molar-refractivity contribution in [3.05, 3.63) is 71.3 Å². The van der Waals surface area contributed by atoms with Crippen LogP contribution in [0.1, 0.15) is 24.0 Å². The molecule has 1 atom stereocenters. The van der Waals surface area contributed by atoms with E-state index < -0.39 is 5.60 Å². The molecule has 2 nitrogen and oxygen atoms in total. The fourth-order valence-corrected chi connectivity index (χ4v) is 3.25. The zero-order valence-corrected chi connectivity index (χ0v) is 12.2. The molecule has 2 aromatic rings. The summed E-state index contributed by atoms with van der Waals surface area (Å²) < 4.78 is 26.5. The summed E-state index contributed by atoms with van der Waals surface area (Å²) in [5.41, 5.74) is 0.0119. The van der Waals surface area contributed by atoms with Crippen molar-refractivity contribution < 1.29 is 13.9 Å². The monoisotopic (exact) mass is 303 g/mol. The van der Waals surface area contributed by atoms with Gasteiger partial charge in [-0.05, 0) is 54.8 Å². The van der Waals surface area contributed by atoms with Crippen LogP contribution in [0.4, 0.5) is 8.78 Å². The number of nitrogens with one attached hydrogen (secondary N) is 1. The van der Waals surface area contributed by atoms with Crippen LogP contribution in [-0.2, 0) is 5.60 Å². The van der Waals surface area contributed by atoms with Crippen molar-refractivity contribution in [1.29, 1.82) is 0 Å². The Kier molecular flexibility index (Phi) is 4.23.